The predicted octanol–water partition coefficient (Wildman–Crippen LogP) is -0.891. The highest BCUT2D eigenvalue weighted by Gasteiger charge is 2.41. The number of hydrogen-bond donors (Lipinski definition) is 5. The van der Waals surface area contributed by atoms with Crippen LogP contribution in [0.2, 0.25) is 0 Å². The van der Waals surface area contributed by atoms with E-state index in [0.29, 0.717) is 5.56 Å². The van der Waals surface area contributed by atoms with Gasteiger partial charge < -0.3 is 31.1 Å². The third-order valence-corrected chi connectivity index (χ3v) is 4.90. The number of benzene rings is 1. The number of nitrogens with zero attached hydrogens (tertiary/aromatic N) is 2. The average molecular weight is 470 g/mol. The van der Waals surface area contributed by atoms with Gasteiger partial charge >= 0.3 is 11.9 Å². The summed E-state index contributed by atoms with van der Waals surface area (Å²) in [4.78, 5) is 62.0. The molecule has 1 heterocycles. The summed E-state index contributed by atoms with van der Waals surface area (Å²) < 4.78 is 0. The van der Waals surface area contributed by atoms with Crippen molar-refractivity contribution in [3.05, 3.63) is 35.4 Å². The lowest BCUT2D eigenvalue weighted by Gasteiger charge is -2.41. The van der Waals surface area contributed by atoms with E-state index in [9.17, 15) is 24.0 Å². The van der Waals surface area contributed by atoms with E-state index in [2.05, 4.69) is 5.32 Å². The lowest BCUT2D eigenvalue weighted by Crippen LogP contribution is -2.63. The molecular weight excluding hydrogens is 446 g/mol. The number of carboxylic acids is 2. The predicted molar refractivity (Wildman–Crippen MR) is 114 cm³/mol. The molecule has 12 nitrogen and oxygen atoms in total. The van der Waals surface area contributed by atoms with Gasteiger partial charge in [-0.3, -0.25) is 24.6 Å². The van der Waals surface area contributed by atoms with Crippen LogP contribution in [-0.4, -0.2) is 87.2 Å². The Labute approximate surface area is 189 Å². The smallest absolute Gasteiger partial charge is 0.326 e. The zero-order valence-electron chi connectivity index (χ0n) is 17.1. The highest BCUT2D eigenvalue weighted by molar-refractivity contribution is 6.00. The van der Waals surface area contributed by atoms with Crippen LogP contribution in [0.1, 0.15) is 29.3 Å². The maximum atomic E-state index is 12.7. The van der Waals surface area contributed by atoms with Crippen LogP contribution in [0.3, 0.4) is 0 Å². The fraction of sp³-hybridized carbons (Fsp3) is 0.368. The molecule has 0 saturated carbocycles. The van der Waals surface area contributed by atoms with E-state index in [4.69, 9.17) is 21.4 Å². The van der Waals surface area contributed by atoms with Crippen molar-refractivity contribution >= 4 is 47.9 Å². The molecule has 174 valence electrons. The second-order valence-electron chi connectivity index (χ2n) is 6.92. The second kappa shape index (κ2) is 11.1. The van der Waals surface area contributed by atoms with Gasteiger partial charge in [-0.25, -0.2) is 4.79 Å². The minimum absolute atomic E-state index is 0. The van der Waals surface area contributed by atoms with E-state index in [1.54, 1.807) is 0 Å². The van der Waals surface area contributed by atoms with Crippen molar-refractivity contribution in [1.82, 2.24) is 15.1 Å². The molecule has 1 saturated heterocycles. The molecule has 1 aromatic carbocycles. The number of nitrogens with two attached hydrogens (primary N) is 1. The number of amides is 3. The standard InChI is InChI=1S/C19H23N5O7.ClH/c1-10(19(30)31)23-6-7-24(13(18(23)29)8-15(26)27)14(25)9-22-17(28)12-4-2-11(3-5-12)16(20)21;/h2-5,10,13H,6-9H2,1H3,(H3,20,21)(H,22,28)(H,26,27)(H,30,31);1H/t10-,13?;/m0./s1. The van der Waals surface area contributed by atoms with Gasteiger partial charge in [0.1, 0.15) is 17.9 Å². The zero-order chi connectivity index (χ0) is 23.3. The molecule has 1 unspecified atom stereocenters. The molecule has 1 aliphatic rings. The minimum atomic E-state index is -1.37. The van der Waals surface area contributed by atoms with Crippen LogP contribution < -0.4 is 11.1 Å². The molecular formula is C19H24ClN5O7. The molecule has 6 N–H and O–H groups in total. The van der Waals surface area contributed by atoms with Crippen molar-refractivity contribution in [2.24, 2.45) is 5.73 Å². The van der Waals surface area contributed by atoms with Gasteiger partial charge in [-0.05, 0) is 19.1 Å². The normalized spacial score (nSPS) is 16.5. The van der Waals surface area contributed by atoms with Gasteiger partial charge in [0.25, 0.3) is 5.91 Å². The average Bonchev–Trinajstić information content (AvgIpc) is 2.72. The van der Waals surface area contributed by atoms with Gasteiger partial charge in [-0.2, -0.15) is 0 Å². The number of carbonyl (C=O) groups excluding carboxylic acids is 3. The Bertz CT molecular complexity index is 921. The van der Waals surface area contributed by atoms with Gasteiger partial charge in [0, 0.05) is 24.2 Å². The first-order valence-corrected chi connectivity index (χ1v) is 9.30. The van der Waals surface area contributed by atoms with Crippen molar-refractivity contribution in [2.45, 2.75) is 25.4 Å². The van der Waals surface area contributed by atoms with Crippen LogP contribution in [0, 0.1) is 5.41 Å². The Hall–Kier alpha value is -3.67. The van der Waals surface area contributed by atoms with Gasteiger partial charge in [0.05, 0.1) is 13.0 Å². The van der Waals surface area contributed by atoms with Crippen LogP contribution in [-0.2, 0) is 19.2 Å². The fourth-order valence-electron chi connectivity index (χ4n) is 3.15. The third-order valence-electron chi connectivity index (χ3n) is 4.90. The van der Waals surface area contributed by atoms with Gasteiger partial charge in [-0.15, -0.1) is 12.4 Å². The molecule has 13 heteroatoms. The maximum Gasteiger partial charge on any atom is 0.326 e. The highest BCUT2D eigenvalue weighted by Crippen LogP contribution is 2.18. The number of rotatable bonds is 8. The number of carbonyl (C=O) groups is 5. The van der Waals surface area contributed by atoms with Crippen molar-refractivity contribution in [2.75, 3.05) is 19.6 Å². The second-order valence-corrected chi connectivity index (χ2v) is 6.92. The van der Waals surface area contributed by atoms with E-state index in [1.807, 2.05) is 0 Å². The summed E-state index contributed by atoms with van der Waals surface area (Å²) in [5.74, 6) is -4.75. The summed E-state index contributed by atoms with van der Waals surface area (Å²) >= 11 is 0. The summed E-state index contributed by atoms with van der Waals surface area (Å²) in [5, 5.41) is 28.0. The molecule has 0 radical (unpaired) electrons. The highest BCUT2D eigenvalue weighted by atomic mass is 35.5. The number of carboxylic acid groups (broad SMARTS) is 2. The number of nitrogens with one attached hydrogen (secondary N) is 2. The number of amidine groups is 1. The summed E-state index contributed by atoms with van der Waals surface area (Å²) in [5.41, 5.74) is 6.00. The quantitative estimate of drug-likeness (QED) is 0.239. The van der Waals surface area contributed by atoms with Gasteiger partial charge in [0.2, 0.25) is 11.8 Å². The molecule has 1 aliphatic heterocycles. The van der Waals surface area contributed by atoms with Crippen molar-refractivity contribution in [1.29, 1.82) is 5.41 Å². The van der Waals surface area contributed by atoms with E-state index in [0.717, 1.165) is 9.80 Å². The Morgan fingerprint density at radius 2 is 1.72 bits per heavy atom. The van der Waals surface area contributed by atoms with E-state index in [-0.39, 0.29) is 36.9 Å². The molecule has 1 aromatic rings. The van der Waals surface area contributed by atoms with Gasteiger partial charge in [0.15, 0.2) is 0 Å². The lowest BCUT2D eigenvalue weighted by molar-refractivity contribution is -0.161. The van der Waals surface area contributed by atoms with Crippen LogP contribution >= 0.6 is 12.4 Å². The van der Waals surface area contributed by atoms with Crippen molar-refractivity contribution in [3.8, 4) is 0 Å². The summed E-state index contributed by atoms with van der Waals surface area (Å²) in [7, 11) is 0. The largest absolute Gasteiger partial charge is 0.481 e. The third kappa shape index (κ3) is 6.17. The molecule has 3 amide bonds. The topological polar surface area (TPSA) is 194 Å². The number of halogens is 1. The van der Waals surface area contributed by atoms with Crippen molar-refractivity contribution in [3.63, 3.8) is 0 Å². The minimum Gasteiger partial charge on any atom is -0.481 e. The van der Waals surface area contributed by atoms with Crippen LogP contribution in [0.25, 0.3) is 0 Å². The number of nitrogen functional groups attached to an aromatic ring is 1. The first kappa shape index (κ1) is 26.4. The monoisotopic (exact) mass is 469 g/mol. The SMILES string of the molecule is C[C@@H](C(=O)O)N1CCN(C(=O)CNC(=O)c2ccc(C(=N)N)cc2)C(CC(=O)O)C1=O.Cl. The van der Waals surface area contributed by atoms with Crippen LogP contribution in [0.4, 0.5) is 0 Å². The molecule has 2 rings (SSSR count). The summed E-state index contributed by atoms with van der Waals surface area (Å²) in [6.45, 7) is 0.677. The molecule has 1 fully saturated rings. The first-order valence-electron chi connectivity index (χ1n) is 9.30. The molecule has 32 heavy (non-hydrogen) atoms. The lowest BCUT2D eigenvalue weighted by atomic mass is 10.1. The molecule has 2 atom stereocenters. The number of hydrogen-bond acceptors (Lipinski definition) is 6. The Morgan fingerprint density at radius 3 is 2.22 bits per heavy atom. The molecule has 0 bridgehead atoms. The summed E-state index contributed by atoms with van der Waals surface area (Å²) in [6, 6.07) is 3.28. The first-order chi connectivity index (χ1) is 14.5. The van der Waals surface area contributed by atoms with E-state index in [1.165, 1.54) is 31.2 Å². The fourth-order valence-corrected chi connectivity index (χ4v) is 3.15. The van der Waals surface area contributed by atoms with E-state index >= 15 is 0 Å². The number of aliphatic carboxylic acids is 2. The van der Waals surface area contributed by atoms with Gasteiger partial charge in [-0.1, -0.05) is 12.1 Å². The van der Waals surface area contributed by atoms with Crippen molar-refractivity contribution < 1.29 is 34.2 Å². The molecule has 0 aromatic heterocycles. The Kier molecular flexibility index (Phi) is 9.14. The Morgan fingerprint density at radius 1 is 1.16 bits per heavy atom. The summed E-state index contributed by atoms with van der Waals surface area (Å²) in [6.07, 6.45) is -0.687. The zero-order valence-corrected chi connectivity index (χ0v) is 17.9. The van der Waals surface area contributed by atoms with E-state index < -0.39 is 54.7 Å². The van der Waals surface area contributed by atoms with Crippen LogP contribution in [0.15, 0.2) is 24.3 Å². The maximum absolute atomic E-state index is 12.7. The molecule has 0 spiro atoms. The Balaban J connectivity index is 0.00000512. The number of piperazine rings is 1. The molecule has 0 aliphatic carbocycles. The van der Waals surface area contributed by atoms with Crippen LogP contribution in [0.5, 0.6) is 0 Å².